The first-order valence-corrected chi connectivity index (χ1v) is 5.54. The molecule has 0 aromatic carbocycles. The third kappa shape index (κ3) is 5.22. The van der Waals surface area contributed by atoms with Crippen molar-refractivity contribution in [1.82, 2.24) is 5.32 Å². The Kier molecular flexibility index (Phi) is 7.48. The lowest BCUT2D eigenvalue weighted by Gasteiger charge is -2.22. The second-order valence-electron chi connectivity index (χ2n) is 3.56. The molecule has 3 heteroatoms. The number of carbonyl (C=O) groups is 1. The lowest BCUT2D eigenvalue weighted by Crippen LogP contribution is -2.37. The third-order valence-corrected chi connectivity index (χ3v) is 2.49. The number of esters is 1. The van der Waals surface area contributed by atoms with Crippen LogP contribution in [-0.4, -0.2) is 25.2 Å². The van der Waals surface area contributed by atoms with Crippen molar-refractivity contribution in [3.8, 4) is 0 Å². The van der Waals surface area contributed by atoms with Crippen LogP contribution in [0.2, 0.25) is 0 Å². The average Bonchev–Trinajstić information content (AvgIpc) is 2.16. The van der Waals surface area contributed by atoms with Gasteiger partial charge in [-0.3, -0.25) is 4.79 Å². The number of hydrogen-bond acceptors (Lipinski definition) is 3. The van der Waals surface area contributed by atoms with Gasteiger partial charge in [0.2, 0.25) is 0 Å². The Morgan fingerprint density at radius 1 is 1.36 bits per heavy atom. The van der Waals surface area contributed by atoms with Gasteiger partial charge in [-0.15, -0.1) is 0 Å². The maximum Gasteiger partial charge on any atom is 0.307 e. The topological polar surface area (TPSA) is 38.3 Å². The standard InChI is InChI=1S/C11H23NO2/c1-5-9(4)10(12-6-2)8-11(13)14-7-3/h9-10,12H,5-8H2,1-4H3. The molecule has 1 N–H and O–H groups in total. The summed E-state index contributed by atoms with van der Waals surface area (Å²) >= 11 is 0. The summed E-state index contributed by atoms with van der Waals surface area (Å²) in [6.07, 6.45) is 1.56. The second-order valence-corrected chi connectivity index (χ2v) is 3.56. The van der Waals surface area contributed by atoms with Crippen molar-refractivity contribution in [2.75, 3.05) is 13.2 Å². The Morgan fingerprint density at radius 3 is 2.43 bits per heavy atom. The van der Waals surface area contributed by atoms with Gasteiger partial charge in [-0.25, -0.2) is 0 Å². The van der Waals surface area contributed by atoms with Crippen LogP contribution in [0.4, 0.5) is 0 Å². The predicted molar refractivity (Wildman–Crippen MR) is 58.2 cm³/mol. The normalized spacial score (nSPS) is 14.9. The third-order valence-electron chi connectivity index (χ3n) is 2.49. The zero-order valence-corrected chi connectivity index (χ0v) is 9.80. The quantitative estimate of drug-likeness (QED) is 0.640. The summed E-state index contributed by atoms with van der Waals surface area (Å²) in [5, 5.41) is 3.32. The van der Waals surface area contributed by atoms with Crippen LogP contribution in [-0.2, 0) is 9.53 Å². The van der Waals surface area contributed by atoms with E-state index in [9.17, 15) is 4.79 Å². The van der Waals surface area contributed by atoms with Crippen molar-refractivity contribution >= 4 is 5.97 Å². The Bertz CT molecular complexity index is 159. The highest BCUT2D eigenvalue weighted by Crippen LogP contribution is 2.11. The second kappa shape index (κ2) is 7.80. The van der Waals surface area contributed by atoms with E-state index < -0.39 is 0 Å². The van der Waals surface area contributed by atoms with Gasteiger partial charge in [0.05, 0.1) is 13.0 Å². The van der Waals surface area contributed by atoms with Gasteiger partial charge in [-0.05, 0) is 19.4 Å². The zero-order chi connectivity index (χ0) is 11.0. The van der Waals surface area contributed by atoms with Crippen LogP contribution in [0.5, 0.6) is 0 Å². The van der Waals surface area contributed by atoms with E-state index in [2.05, 4.69) is 26.1 Å². The molecule has 0 saturated carbocycles. The SMILES string of the molecule is CCNC(CC(=O)OCC)C(C)CC. The summed E-state index contributed by atoms with van der Waals surface area (Å²) in [5.41, 5.74) is 0. The molecule has 0 aliphatic heterocycles. The minimum absolute atomic E-state index is 0.0984. The molecule has 0 aliphatic rings. The van der Waals surface area contributed by atoms with Crippen molar-refractivity contribution in [1.29, 1.82) is 0 Å². The van der Waals surface area contributed by atoms with E-state index in [4.69, 9.17) is 4.74 Å². The number of nitrogens with one attached hydrogen (secondary N) is 1. The predicted octanol–water partition coefficient (Wildman–Crippen LogP) is 1.96. The molecule has 0 amide bonds. The van der Waals surface area contributed by atoms with Gasteiger partial charge in [0, 0.05) is 6.04 Å². The summed E-state index contributed by atoms with van der Waals surface area (Å²) in [4.78, 5) is 11.3. The van der Waals surface area contributed by atoms with Crippen LogP contribution >= 0.6 is 0 Å². The van der Waals surface area contributed by atoms with E-state index in [-0.39, 0.29) is 12.0 Å². The Hall–Kier alpha value is -0.570. The van der Waals surface area contributed by atoms with E-state index in [1.807, 2.05) is 6.92 Å². The van der Waals surface area contributed by atoms with Crippen LogP contribution in [0.3, 0.4) is 0 Å². The lowest BCUT2D eigenvalue weighted by atomic mass is 9.96. The largest absolute Gasteiger partial charge is 0.466 e. The monoisotopic (exact) mass is 201 g/mol. The summed E-state index contributed by atoms with van der Waals surface area (Å²) < 4.78 is 4.93. The summed E-state index contributed by atoms with van der Waals surface area (Å²) in [5.74, 6) is 0.415. The minimum atomic E-state index is -0.0984. The maximum absolute atomic E-state index is 11.3. The van der Waals surface area contributed by atoms with E-state index >= 15 is 0 Å². The summed E-state index contributed by atoms with van der Waals surface area (Å²) in [7, 11) is 0. The van der Waals surface area contributed by atoms with Gasteiger partial charge >= 0.3 is 5.97 Å². The highest BCUT2D eigenvalue weighted by Gasteiger charge is 2.18. The summed E-state index contributed by atoms with van der Waals surface area (Å²) in [6, 6.07) is 0.254. The molecule has 0 aliphatic carbocycles. The molecule has 0 aromatic rings. The highest BCUT2D eigenvalue weighted by molar-refractivity contribution is 5.70. The van der Waals surface area contributed by atoms with E-state index in [1.165, 1.54) is 0 Å². The molecular formula is C11H23NO2. The Morgan fingerprint density at radius 2 is 2.00 bits per heavy atom. The molecular weight excluding hydrogens is 178 g/mol. The Labute approximate surface area is 87.2 Å². The molecule has 0 bridgehead atoms. The van der Waals surface area contributed by atoms with Crippen molar-refractivity contribution < 1.29 is 9.53 Å². The molecule has 3 nitrogen and oxygen atoms in total. The minimum Gasteiger partial charge on any atom is -0.466 e. The van der Waals surface area contributed by atoms with Gasteiger partial charge in [-0.1, -0.05) is 27.2 Å². The fraction of sp³-hybridized carbons (Fsp3) is 0.909. The van der Waals surface area contributed by atoms with Crippen LogP contribution in [0.25, 0.3) is 0 Å². The lowest BCUT2D eigenvalue weighted by molar-refractivity contribution is -0.144. The van der Waals surface area contributed by atoms with Crippen LogP contribution in [0, 0.1) is 5.92 Å². The van der Waals surface area contributed by atoms with Crippen molar-refractivity contribution in [3.05, 3.63) is 0 Å². The summed E-state index contributed by atoms with van der Waals surface area (Å²) in [6.45, 7) is 9.56. The molecule has 2 atom stereocenters. The molecule has 0 fully saturated rings. The van der Waals surface area contributed by atoms with Gasteiger partial charge < -0.3 is 10.1 Å². The number of ether oxygens (including phenoxy) is 1. The molecule has 0 saturated heterocycles. The number of carbonyl (C=O) groups excluding carboxylic acids is 1. The number of rotatable bonds is 7. The molecule has 0 radical (unpaired) electrons. The fourth-order valence-corrected chi connectivity index (χ4v) is 1.42. The Balaban J connectivity index is 4.01. The molecule has 0 aromatic heterocycles. The highest BCUT2D eigenvalue weighted by atomic mass is 16.5. The average molecular weight is 201 g/mol. The van der Waals surface area contributed by atoms with E-state index in [0.29, 0.717) is 18.9 Å². The van der Waals surface area contributed by atoms with Crippen molar-refractivity contribution in [3.63, 3.8) is 0 Å². The van der Waals surface area contributed by atoms with Crippen LogP contribution < -0.4 is 5.32 Å². The van der Waals surface area contributed by atoms with Gasteiger partial charge in [0.25, 0.3) is 0 Å². The van der Waals surface area contributed by atoms with Crippen molar-refractivity contribution in [2.45, 2.75) is 46.6 Å². The maximum atomic E-state index is 11.3. The molecule has 14 heavy (non-hydrogen) atoms. The van der Waals surface area contributed by atoms with Gasteiger partial charge in [0.15, 0.2) is 0 Å². The van der Waals surface area contributed by atoms with Crippen LogP contribution in [0.15, 0.2) is 0 Å². The molecule has 0 heterocycles. The van der Waals surface area contributed by atoms with Crippen LogP contribution in [0.1, 0.15) is 40.5 Å². The molecule has 0 rings (SSSR count). The smallest absolute Gasteiger partial charge is 0.307 e. The van der Waals surface area contributed by atoms with E-state index in [0.717, 1.165) is 13.0 Å². The first-order valence-electron chi connectivity index (χ1n) is 5.54. The first-order chi connectivity index (χ1) is 6.65. The molecule has 0 spiro atoms. The molecule has 84 valence electrons. The zero-order valence-electron chi connectivity index (χ0n) is 9.80. The van der Waals surface area contributed by atoms with E-state index in [1.54, 1.807) is 0 Å². The fourth-order valence-electron chi connectivity index (χ4n) is 1.42. The van der Waals surface area contributed by atoms with Gasteiger partial charge in [0.1, 0.15) is 0 Å². The van der Waals surface area contributed by atoms with Gasteiger partial charge in [-0.2, -0.15) is 0 Å². The van der Waals surface area contributed by atoms with Crippen molar-refractivity contribution in [2.24, 2.45) is 5.92 Å². The molecule has 2 unspecified atom stereocenters. The number of hydrogen-bond donors (Lipinski definition) is 1. The first kappa shape index (κ1) is 13.4.